The van der Waals surface area contributed by atoms with Gasteiger partial charge in [0.15, 0.2) is 0 Å². The number of nitrogens with one attached hydrogen (secondary N) is 1. The molecule has 2 atom stereocenters. The Hall–Kier alpha value is -0.363. The normalized spacial score (nSPS) is 23.1. The standard InChI is InChI=1S/C15H24ClNO2SSi/c1-15(2,3)21(4,5)17-20(18,19)14-10-13(14)11-7-6-8-12(16)9-11/h6-9,13-14,17H,10H2,1-5H3. The van der Waals surface area contributed by atoms with Crippen molar-refractivity contribution in [2.75, 3.05) is 0 Å². The lowest BCUT2D eigenvalue weighted by molar-refractivity contribution is 0.587. The van der Waals surface area contributed by atoms with Crippen molar-refractivity contribution in [2.24, 2.45) is 0 Å². The molecule has 3 nitrogen and oxygen atoms in total. The molecule has 0 spiro atoms. The van der Waals surface area contributed by atoms with E-state index in [9.17, 15) is 8.42 Å². The third-order valence-electron chi connectivity index (χ3n) is 4.68. The summed E-state index contributed by atoms with van der Waals surface area (Å²) < 4.78 is 28.3. The van der Waals surface area contributed by atoms with Gasteiger partial charge in [0.05, 0.1) is 5.25 Å². The largest absolute Gasteiger partial charge is 0.237 e. The summed E-state index contributed by atoms with van der Waals surface area (Å²) >= 11 is 5.99. The van der Waals surface area contributed by atoms with E-state index in [-0.39, 0.29) is 16.2 Å². The van der Waals surface area contributed by atoms with Crippen LogP contribution < -0.4 is 4.39 Å². The smallest absolute Gasteiger partial charge is 0.209 e. The van der Waals surface area contributed by atoms with Crippen LogP contribution in [-0.2, 0) is 10.0 Å². The summed E-state index contributed by atoms with van der Waals surface area (Å²) in [6.07, 6.45) is 0.685. The lowest BCUT2D eigenvalue weighted by Gasteiger charge is -2.36. The molecule has 118 valence electrons. The van der Waals surface area contributed by atoms with Gasteiger partial charge >= 0.3 is 0 Å². The number of hydrogen-bond donors (Lipinski definition) is 1. The Morgan fingerprint density at radius 1 is 1.29 bits per heavy atom. The van der Waals surface area contributed by atoms with Crippen molar-refractivity contribution >= 4 is 29.9 Å². The lowest BCUT2D eigenvalue weighted by Crippen LogP contribution is -2.55. The number of sulfonamides is 1. The van der Waals surface area contributed by atoms with E-state index in [0.29, 0.717) is 11.4 Å². The zero-order valence-electron chi connectivity index (χ0n) is 13.3. The van der Waals surface area contributed by atoms with E-state index in [2.05, 4.69) is 38.3 Å². The molecule has 2 unspecified atom stereocenters. The fourth-order valence-electron chi connectivity index (χ4n) is 2.19. The molecule has 0 heterocycles. The van der Waals surface area contributed by atoms with Crippen LogP contribution in [0.1, 0.15) is 38.7 Å². The van der Waals surface area contributed by atoms with Gasteiger partial charge < -0.3 is 0 Å². The predicted molar refractivity (Wildman–Crippen MR) is 91.9 cm³/mol. The Morgan fingerprint density at radius 2 is 1.90 bits per heavy atom. The third kappa shape index (κ3) is 3.70. The van der Waals surface area contributed by atoms with E-state index in [1.54, 1.807) is 0 Å². The van der Waals surface area contributed by atoms with E-state index in [0.717, 1.165) is 5.56 Å². The molecule has 1 aromatic carbocycles. The molecule has 0 bridgehead atoms. The first-order valence-corrected chi connectivity index (χ1v) is 12.1. The Kier molecular flexibility index (Phi) is 4.35. The first kappa shape index (κ1) is 17.0. The fraction of sp³-hybridized carbons (Fsp3) is 0.600. The summed E-state index contributed by atoms with van der Waals surface area (Å²) in [5.41, 5.74) is 1.02. The Bertz CT molecular complexity index is 637. The fourth-order valence-corrected chi connectivity index (χ4v) is 8.11. The van der Waals surface area contributed by atoms with E-state index >= 15 is 0 Å². The molecule has 0 aromatic heterocycles. The lowest BCUT2D eigenvalue weighted by atomic mass is 10.1. The molecule has 0 amide bonds. The van der Waals surface area contributed by atoms with Crippen molar-refractivity contribution in [1.82, 2.24) is 4.39 Å². The topological polar surface area (TPSA) is 46.2 Å². The highest BCUT2D eigenvalue weighted by molar-refractivity contribution is 7.91. The molecule has 1 aliphatic carbocycles. The number of halogens is 1. The van der Waals surface area contributed by atoms with Gasteiger partial charge in [-0.2, -0.15) is 0 Å². The molecule has 0 aliphatic heterocycles. The summed E-state index contributed by atoms with van der Waals surface area (Å²) in [6.45, 7) is 10.4. The first-order valence-electron chi connectivity index (χ1n) is 7.22. The number of hydrogen-bond acceptors (Lipinski definition) is 2. The van der Waals surface area contributed by atoms with Crippen LogP contribution in [0.2, 0.25) is 23.2 Å². The summed E-state index contributed by atoms with van der Waals surface area (Å²) in [7, 11) is -5.34. The predicted octanol–water partition coefficient (Wildman–Crippen LogP) is 4.12. The average Bonchev–Trinajstić information content (AvgIpc) is 3.06. The van der Waals surface area contributed by atoms with Gasteiger partial charge in [0.2, 0.25) is 10.0 Å². The molecule has 1 fully saturated rings. The van der Waals surface area contributed by atoms with Crippen LogP contribution in [0.5, 0.6) is 0 Å². The Balaban J connectivity index is 2.14. The van der Waals surface area contributed by atoms with Gasteiger partial charge in [-0.1, -0.05) is 57.6 Å². The zero-order valence-corrected chi connectivity index (χ0v) is 15.8. The molecule has 0 radical (unpaired) electrons. The maximum atomic E-state index is 12.6. The molecular weight excluding hydrogens is 322 g/mol. The van der Waals surface area contributed by atoms with Crippen LogP contribution in [0.25, 0.3) is 0 Å². The van der Waals surface area contributed by atoms with Crippen molar-refractivity contribution in [3.05, 3.63) is 34.9 Å². The summed E-state index contributed by atoms with van der Waals surface area (Å²) in [5.74, 6) is 0.0750. The molecule has 1 N–H and O–H groups in total. The second-order valence-electron chi connectivity index (χ2n) is 7.46. The van der Waals surface area contributed by atoms with Gasteiger partial charge in [-0.25, -0.2) is 12.8 Å². The molecule has 6 heteroatoms. The van der Waals surface area contributed by atoms with Crippen LogP contribution in [0, 0.1) is 0 Å². The van der Waals surface area contributed by atoms with E-state index in [1.807, 2.05) is 24.3 Å². The van der Waals surface area contributed by atoms with Crippen LogP contribution in [0.15, 0.2) is 24.3 Å². The van der Waals surface area contributed by atoms with Crippen LogP contribution in [0.3, 0.4) is 0 Å². The molecule has 2 rings (SSSR count). The highest BCUT2D eigenvalue weighted by atomic mass is 35.5. The summed E-state index contributed by atoms with van der Waals surface area (Å²) in [4.78, 5) is 0. The maximum absolute atomic E-state index is 12.6. The third-order valence-corrected chi connectivity index (χ3v) is 13.2. The Morgan fingerprint density at radius 3 is 2.43 bits per heavy atom. The highest BCUT2D eigenvalue weighted by Crippen LogP contribution is 2.47. The quantitative estimate of drug-likeness (QED) is 0.834. The van der Waals surface area contributed by atoms with Gasteiger partial charge in [0, 0.05) is 10.9 Å². The monoisotopic (exact) mass is 345 g/mol. The Labute approximate surface area is 134 Å². The molecule has 1 aliphatic rings. The van der Waals surface area contributed by atoms with Gasteiger partial charge in [0.25, 0.3) is 0 Å². The van der Waals surface area contributed by atoms with Gasteiger partial charge in [-0.3, -0.25) is 0 Å². The maximum Gasteiger partial charge on any atom is 0.209 e. The van der Waals surface area contributed by atoms with Crippen molar-refractivity contribution in [3.63, 3.8) is 0 Å². The molecule has 1 aromatic rings. The highest BCUT2D eigenvalue weighted by Gasteiger charge is 2.51. The molecule has 1 saturated carbocycles. The number of benzene rings is 1. The zero-order chi connectivity index (χ0) is 16.1. The second kappa shape index (κ2) is 5.37. The SMILES string of the molecule is CC(C)(C)[Si](C)(C)NS(=O)(=O)C1CC1c1cccc(Cl)c1. The van der Waals surface area contributed by atoms with Crippen LogP contribution in [0.4, 0.5) is 0 Å². The van der Waals surface area contributed by atoms with Gasteiger partial charge in [-0.15, -0.1) is 0 Å². The van der Waals surface area contributed by atoms with E-state index in [1.165, 1.54) is 0 Å². The van der Waals surface area contributed by atoms with Crippen molar-refractivity contribution in [3.8, 4) is 0 Å². The molecule has 0 saturated heterocycles. The van der Waals surface area contributed by atoms with Gasteiger partial charge in [-0.05, 0) is 29.2 Å². The second-order valence-corrected chi connectivity index (χ2v) is 15.2. The van der Waals surface area contributed by atoms with Gasteiger partial charge in [0.1, 0.15) is 8.24 Å². The minimum atomic E-state index is -3.27. The van der Waals surface area contributed by atoms with Crippen molar-refractivity contribution < 1.29 is 8.42 Å². The summed E-state index contributed by atoms with van der Waals surface area (Å²) in [5, 5.41) is 0.332. The minimum Gasteiger partial charge on any atom is -0.237 e. The van der Waals surface area contributed by atoms with E-state index < -0.39 is 18.3 Å². The summed E-state index contributed by atoms with van der Waals surface area (Å²) in [6, 6.07) is 7.51. The van der Waals surface area contributed by atoms with Crippen LogP contribution in [-0.4, -0.2) is 21.9 Å². The number of rotatable bonds is 4. The molecule has 21 heavy (non-hydrogen) atoms. The minimum absolute atomic E-state index is 0.0134. The van der Waals surface area contributed by atoms with Crippen LogP contribution >= 0.6 is 11.6 Å². The first-order chi connectivity index (χ1) is 9.44. The molecular formula is C15H24ClNO2SSi. The van der Waals surface area contributed by atoms with E-state index in [4.69, 9.17) is 11.6 Å². The average molecular weight is 346 g/mol. The van der Waals surface area contributed by atoms with Crippen molar-refractivity contribution in [1.29, 1.82) is 0 Å². The van der Waals surface area contributed by atoms with Crippen molar-refractivity contribution in [2.45, 2.75) is 56.5 Å².